The average molecular weight is 411 g/mol. The molecule has 1 saturated heterocycles. The van der Waals surface area contributed by atoms with Crippen LogP contribution in [0.4, 0.5) is 0 Å². The minimum atomic E-state index is -0.0306. The van der Waals surface area contributed by atoms with E-state index in [1.165, 1.54) is 17.0 Å². The van der Waals surface area contributed by atoms with Gasteiger partial charge in [0, 0.05) is 39.6 Å². The molecule has 0 unspecified atom stereocenters. The lowest BCUT2D eigenvalue weighted by Gasteiger charge is -2.24. The fourth-order valence-corrected chi connectivity index (χ4v) is 6.11. The zero-order chi connectivity index (χ0) is 19.3. The number of thiophene rings is 2. The summed E-state index contributed by atoms with van der Waals surface area (Å²) in [6.45, 7) is 3.79. The first-order valence-corrected chi connectivity index (χ1v) is 11.2. The number of aromatic nitrogens is 3. The van der Waals surface area contributed by atoms with Gasteiger partial charge in [-0.25, -0.2) is 4.98 Å². The van der Waals surface area contributed by atoms with Crippen molar-refractivity contribution in [3.8, 4) is 10.4 Å². The first-order valence-electron chi connectivity index (χ1n) is 9.52. The predicted octanol–water partition coefficient (Wildman–Crippen LogP) is 4.70. The van der Waals surface area contributed by atoms with Gasteiger partial charge in [-0.2, -0.15) is 0 Å². The van der Waals surface area contributed by atoms with Gasteiger partial charge < -0.3 is 9.55 Å². The summed E-state index contributed by atoms with van der Waals surface area (Å²) in [4.78, 5) is 26.4. The zero-order valence-electron chi connectivity index (χ0n) is 15.9. The molecule has 1 atom stereocenters. The van der Waals surface area contributed by atoms with Crippen molar-refractivity contribution < 1.29 is 0 Å². The fraction of sp³-hybridized carbons (Fsp3) is 0.333. The molecule has 4 aromatic rings. The van der Waals surface area contributed by atoms with Gasteiger partial charge in [0.2, 0.25) is 0 Å². The fourth-order valence-electron chi connectivity index (χ4n) is 4.19. The molecule has 0 amide bonds. The van der Waals surface area contributed by atoms with E-state index >= 15 is 0 Å². The molecule has 5 nitrogen and oxygen atoms in total. The highest BCUT2D eigenvalue weighted by atomic mass is 32.1. The lowest BCUT2D eigenvalue weighted by atomic mass is 10.1. The summed E-state index contributed by atoms with van der Waals surface area (Å²) < 4.78 is 2.19. The summed E-state index contributed by atoms with van der Waals surface area (Å²) in [7, 11) is 2.09. The molecule has 1 fully saturated rings. The van der Waals surface area contributed by atoms with Gasteiger partial charge in [-0.05, 0) is 50.6 Å². The van der Waals surface area contributed by atoms with Gasteiger partial charge in [0.15, 0.2) is 0 Å². The SMILES string of the molecule is Cc1ccc(-c2csc3nc(CN4CCC[C@@H]4c4cccn4C)[nH]c(=O)c23)s1. The van der Waals surface area contributed by atoms with Crippen molar-refractivity contribution in [2.24, 2.45) is 7.05 Å². The third-order valence-corrected chi connectivity index (χ3v) is 7.45. The van der Waals surface area contributed by atoms with Crippen LogP contribution in [-0.4, -0.2) is 26.0 Å². The number of nitrogens with zero attached hydrogens (tertiary/aromatic N) is 3. The second kappa shape index (κ2) is 6.99. The summed E-state index contributed by atoms with van der Waals surface area (Å²) in [6.07, 6.45) is 4.41. The minimum absolute atomic E-state index is 0.0306. The number of likely N-dealkylation sites (tertiary alicyclic amines) is 1. The van der Waals surface area contributed by atoms with Crippen LogP contribution in [0.5, 0.6) is 0 Å². The van der Waals surface area contributed by atoms with E-state index in [0.717, 1.165) is 39.4 Å². The molecule has 1 aliphatic rings. The summed E-state index contributed by atoms with van der Waals surface area (Å²) in [5, 5.41) is 2.78. The molecular formula is C21H22N4OS2. The number of aromatic amines is 1. The van der Waals surface area contributed by atoms with E-state index < -0.39 is 0 Å². The van der Waals surface area contributed by atoms with E-state index in [1.807, 2.05) is 0 Å². The number of H-pyrrole nitrogens is 1. The molecule has 0 aromatic carbocycles. The molecule has 0 aliphatic carbocycles. The highest BCUT2D eigenvalue weighted by molar-refractivity contribution is 7.19. The average Bonchev–Trinajstić information content (AvgIpc) is 3.42. The summed E-state index contributed by atoms with van der Waals surface area (Å²) in [5.41, 5.74) is 2.30. The molecule has 144 valence electrons. The molecule has 4 aromatic heterocycles. The van der Waals surface area contributed by atoms with E-state index in [0.29, 0.717) is 12.6 Å². The highest BCUT2D eigenvalue weighted by Crippen LogP contribution is 2.36. The molecule has 0 saturated carbocycles. The Bertz CT molecular complexity index is 1200. The van der Waals surface area contributed by atoms with Gasteiger partial charge in [0.1, 0.15) is 10.7 Å². The molecule has 7 heteroatoms. The van der Waals surface area contributed by atoms with Crippen molar-refractivity contribution in [2.45, 2.75) is 32.4 Å². The number of rotatable bonds is 4. The Hall–Kier alpha value is -2.22. The van der Waals surface area contributed by atoms with Gasteiger partial charge in [-0.15, -0.1) is 22.7 Å². The van der Waals surface area contributed by atoms with Gasteiger partial charge >= 0.3 is 0 Å². The van der Waals surface area contributed by atoms with E-state index in [-0.39, 0.29) is 5.56 Å². The lowest BCUT2D eigenvalue weighted by molar-refractivity contribution is 0.235. The lowest BCUT2D eigenvalue weighted by Crippen LogP contribution is -2.26. The van der Waals surface area contributed by atoms with Crippen molar-refractivity contribution in [3.63, 3.8) is 0 Å². The maximum atomic E-state index is 12.9. The Morgan fingerprint density at radius 2 is 2.21 bits per heavy atom. The molecule has 0 spiro atoms. The normalized spacial score (nSPS) is 17.7. The van der Waals surface area contributed by atoms with Crippen LogP contribution < -0.4 is 5.56 Å². The van der Waals surface area contributed by atoms with Gasteiger partial charge in [-0.3, -0.25) is 9.69 Å². The quantitative estimate of drug-likeness (QED) is 0.531. The molecule has 1 N–H and O–H groups in total. The van der Waals surface area contributed by atoms with Gasteiger partial charge in [0.05, 0.1) is 18.0 Å². The van der Waals surface area contributed by atoms with Crippen molar-refractivity contribution in [3.05, 3.63) is 62.6 Å². The van der Waals surface area contributed by atoms with Crippen molar-refractivity contribution >= 4 is 32.9 Å². The second-order valence-corrected chi connectivity index (χ2v) is 9.57. The third kappa shape index (κ3) is 3.03. The van der Waals surface area contributed by atoms with E-state index in [2.05, 4.69) is 64.3 Å². The number of fused-ring (bicyclic) bond motifs is 1. The van der Waals surface area contributed by atoms with Crippen LogP contribution in [0.2, 0.25) is 0 Å². The Balaban J connectivity index is 1.47. The second-order valence-electron chi connectivity index (χ2n) is 7.42. The number of nitrogens with one attached hydrogen (secondary N) is 1. The molecule has 0 bridgehead atoms. The molecule has 1 aliphatic heterocycles. The summed E-state index contributed by atoms with van der Waals surface area (Å²) in [6, 6.07) is 8.85. The summed E-state index contributed by atoms with van der Waals surface area (Å²) in [5.74, 6) is 0.759. The number of hydrogen-bond acceptors (Lipinski definition) is 5. The molecule has 5 heterocycles. The smallest absolute Gasteiger partial charge is 0.260 e. The Morgan fingerprint density at radius 1 is 1.32 bits per heavy atom. The maximum absolute atomic E-state index is 12.9. The van der Waals surface area contributed by atoms with Crippen molar-refractivity contribution in [1.29, 1.82) is 0 Å². The highest BCUT2D eigenvalue weighted by Gasteiger charge is 2.28. The summed E-state index contributed by atoms with van der Waals surface area (Å²) >= 11 is 3.27. The van der Waals surface area contributed by atoms with Crippen LogP contribution >= 0.6 is 22.7 Å². The monoisotopic (exact) mass is 410 g/mol. The van der Waals surface area contributed by atoms with Crippen LogP contribution in [0, 0.1) is 6.92 Å². The topological polar surface area (TPSA) is 53.9 Å². The molecule has 28 heavy (non-hydrogen) atoms. The molecular weight excluding hydrogens is 388 g/mol. The van der Waals surface area contributed by atoms with Crippen molar-refractivity contribution in [1.82, 2.24) is 19.4 Å². The van der Waals surface area contributed by atoms with Gasteiger partial charge in [0.25, 0.3) is 5.56 Å². The number of hydrogen-bond donors (Lipinski definition) is 1. The standard InChI is InChI=1S/C21H22N4OS2/c1-13-7-8-17(28-13)14-12-27-21-19(14)20(26)22-18(23-21)11-25-10-4-6-16(25)15-5-3-9-24(15)2/h3,5,7-9,12,16H,4,6,10-11H2,1-2H3,(H,22,23,26)/t16-/m1/s1. The van der Waals surface area contributed by atoms with Crippen LogP contribution in [-0.2, 0) is 13.6 Å². The Kier molecular flexibility index (Phi) is 4.45. The van der Waals surface area contributed by atoms with Crippen molar-refractivity contribution in [2.75, 3.05) is 6.54 Å². The minimum Gasteiger partial charge on any atom is -0.353 e. The number of aryl methyl sites for hydroxylation is 2. The zero-order valence-corrected chi connectivity index (χ0v) is 17.6. The molecule has 0 radical (unpaired) electrons. The van der Waals surface area contributed by atoms with E-state index in [1.54, 1.807) is 22.7 Å². The maximum Gasteiger partial charge on any atom is 0.260 e. The van der Waals surface area contributed by atoms with Crippen LogP contribution in [0.3, 0.4) is 0 Å². The first-order chi connectivity index (χ1) is 13.6. The Labute approximate surface area is 171 Å². The largest absolute Gasteiger partial charge is 0.353 e. The molecule has 5 rings (SSSR count). The van der Waals surface area contributed by atoms with Crippen LogP contribution in [0.25, 0.3) is 20.7 Å². The third-order valence-electron chi connectivity index (χ3n) is 5.54. The van der Waals surface area contributed by atoms with Crippen LogP contribution in [0.15, 0.2) is 40.6 Å². The van der Waals surface area contributed by atoms with E-state index in [9.17, 15) is 4.79 Å². The predicted molar refractivity (Wildman–Crippen MR) is 116 cm³/mol. The van der Waals surface area contributed by atoms with Gasteiger partial charge in [-0.1, -0.05) is 0 Å². The van der Waals surface area contributed by atoms with E-state index in [4.69, 9.17) is 4.98 Å². The first kappa shape index (κ1) is 17.8. The Morgan fingerprint density at radius 3 is 2.96 bits per heavy atom. The van der Waals surface area contributed by atoms with Crippen LogP contribution in [0.1, 0.15) is 35.3 Å².